The highest BCUT2D eigenvalue weighted by atomic mass is 16.5. The molecule has 1 saturated carbocycles. The SMILES string of the molecule is Cc1cccc(OCCNCC2(CO)CCCCC2)c1. The Hall–Kier alpha value is -1.06. The molecular formula is C17H27NO2. The molecule has 0 amide bonds. The van der Waals surface area contributed by atoms with Crippen LogP contribution in [0.4, 0.5) is 0 Å². The average Bonchev–Trinajstić information content (AvgIpc) is 2.48. The van der Waals surface area contributed by atoms with Crippen molar-refractivity contribution in [3.63, 3.8) is 0 Å². The fourth-order valence-electron chi connectivity index (χ4n) is 2.99. The van der Waals surface area contributed by atoms with Crippen LogP contribution in [0.15, 0.2) is 24.3 Å². The molecular weight excluding hydrogens is 250 g/mol. The Morgan fingerprint density at radius 1 is 1.25 bits per heavy atom. The van der Waals surface area contributed by atoms with Gasteiger partial charge in [-0.15, -0.1) is 0 Å². The highest BCUT2D eigenvalue weighted by molar-refractivity contribution is 5.27. The molecule has 1 fully saturated rings. The zero-order valence-electron chi connectivity index (χ0n) is 12.5. The fraction of sp³-hybridized carbons (Fsp3) is 0.647. The lowest BCUT2D eigenvalue weighted by atomic mass is 9.74. The van der Waals surface area contributed by atoms with Crippen molar-refractivity contribution in [1.29, 1.82) is 0 Å². The van der Waals surface area contributed by atoms with E-state index in [4.69, 9.17) is 4.74 Å². The molecule has 0 bridgehead atoms. The molecule has 0 aliphatic heterocycles. The predicted octanol–water partition coefficient (Wildman–Crippen LogP) is 2.91. The first kappa shape index (κ1) is 15.3. The van der Waals surface area contributed by atoms with Gasteiger partial charge in [-0.1, -0.05) is 31.4 Å². The van der Waals surface area contributed by atoms with Gasteiger partial charge in [0.15, 0.2) is 0 Å². The molecule has 0 unspecified atom stereocenters. The van der Waals surface area contributed by atoms with Crippen LogP contribution in [0.2, 0.25) is 0 Å². The highest BCUT2D eigenvalue weighted by Gasteiger charge is 2.30. The van der Waals surface area contributed by atoms with Gasteiger partial charge in [0.2, 0.25) is 0 Å². The number of hydrogen-bond acceptors (Lipinski definition) is 3. The summed E-state index contributed by atoms with van der Waals surface area (Å²) in [5, 5.41) is 13.1. The maximum atomic E-state index is 9.64. The van der Waals surface area contributed by atoms with E-state index in [1.165, 1.54) is 24.8 Å². The second-order valence-corrected chi connectivity index (χ2v) is 6.06. The summed E-state index contributed by atoms with van der Waals surface area (Å²) in [5.41, 5.74) is 1.33. The number of nitrogens with one attached hydrogen (secondary N) is 1. The van der Waals surface area contributed by atoms with Crippen LogP contribution >= 0.6 is 0 Å². The molecule has 0 aromatic heterocycles. The van der Waals surface area contributed by atoms with Gasteiger partial charge in [0.05, 0.1) is 0 Å². The van der Waals surface area contributed by atoms with Crippen molar-refractivity contribution in [2.75, 3.05) is 26.3 Å². The van der Waals surface area contributed by atoms with E-state index < -0.39 is 0 Å². The van der Waals surface area contributed by atoms with Crippen LogP contribution in [-0.2, 0) is 0 Å². The first-order valence-corrected chi connectivity index (χ1v) is 7.75. The molecule has 20 heavy (non-hydrogen) atoms. The van der Waals surface area contributed by atoms with Gasteiger partial charge in [0, 0.05) is 25.1 Å². The molecule has 2 rings (SSSR count). The maximum Gasteiger partial charge on any atom is 0.119 e. The van der Waals surface area contributed by atoms with Crippen molar-refractivity contribution >= 4 is 0 Å². The van der Waals surface area contributed by atoms with Crippen molar-refractivity contribution in [2.24, 2.45) is 5.41 Å². The van der Waals surface area contributed by atoms with E-state index >= 15 is 0 Å². The van der Waals surface area contributed by atoms with Crippen LogP contribution in [-0.4, -0.2) is 31.4 Å². The van der Waals surface area contributed by atoms with Crippen LogP contribution in [0.3, 0.4) is 0 Å². The zero-order valence-corrected chi connectivity index (χ0v) is 12.5. The molecule has 0 radical (unpaired) electrons. The van der Waals surface area contributed by atoms with E-state index in [9.17, 15) is 5.11 Å². The Morgan fingerprint density at radius 3 is 2.75 bits per heavy atom. The molecule has 0 heterocycles. The van der Waals surface area contributed by atoms with Crippen LogP contribution in [0.25, 0.3) is 0 Å². The smallest absolute Gasteiger partial charge is 0.119 e. The Morgan fingerprint density at radius 2 is 2.05 bits per heavy atom. The van der Waals surface area contributed by atoms with Gasteiger partial charge in [0.25, 0.3) is 0 Å². The molecule has 1 aliphatic rings. The number of rotatable bonds is 7. The average molecular weight is 277 g/mol. The van der Waals surface area contributed by atoms with Gasteiger partial charge in [-0.3, -0.25) is 0 Å². The van der Waals surface area contributed by atoms with Crippen molar-refractivity contribution in [2.45, 2.75) is 39.0 Å². The van der Waals surface area contributed by atoms with E-state index in [-0.39, 0.29) is 5.41 Å². The molecule has 1 aliphatic carbocycles. The second kappa shape index (κ2) is 7.65. The Kier molecular flexibility index (Phi) is 5.86. The zero-order chi connectivity index (χ0) is 14.3. The fourth-order valence-corrected chi connectivity index (χ4v) is 2.99. The summed E-state index contributed by atoms with van der Waals surface area (Å²) in [4.78, 5) is 0. The van der Waals surface area contributed by atoms with Crippen LogP contribution in [0.1, 0.15) is 37.7 Å². The maximum absolute atomic E-state index is 9.64. The van der Waals surface area contributed by atoms with E-state index in [1.807, 2.05) is 12.1 Å². The van der Waals surface area contributed by atoms with Gasteiger partial charge in [-0.25, -0.2) is 0 Å². The Bertz CT molecular complexity index is 400. The second-order valence-electron chi connectivity index (χ2n) is 6.06. The van der Waals surface area contributed by atoms with E-state index in [0.29, 0.717) is 13.2 Å². The first-order chi connectivity index (χ1) is 9.74. The molecule has 1 aromatic carbocycles. The third kappa shape index (κ3) is 4.50. The minimum absolute atomic E-state index is 0.113. The normalized spacial score (nSPS) is 17.9. The van der Waals surface area contributed by atoms with Crippen molar-refractivity contribution in [3.05, 3.63) is 29.8 Å². The Labute approximate surface area is 122 Å². The molecule has 2 N–H and O–H groups in total. The predicted molar refractivity (Wildman–Crippen MR) is 82.1 cm³/mol. The lowest BCUT2D eigenvalue weighted by Gasteiger charge is -2.35. The van der Waals surface area contributed by atoms with Gasteiger partial charge < -0.3 is 15.2 Å². The summed E-state index contributed by atoms with van der Waals surface area (Å²) >= 11 is 0. The summed E-state index contributed by atoms with van der Waals surface area (Å²) in [6, 6.07) is 8.12. The lowest BCUT2D eigenvalue weighted by Crippen LogP contribution is -2.40. The van der Waals surface area contributed by atoms with E-state index in [0.717, 1.165) is 31.7 Å². The number of benzene rings is 1. The van der Waals surface area contributed by atoms with Crippen LogP contribution in [0.5, 0.6) is 5.75 Å². The number of aliphatic hydroxyl groups is 1. The summed E-state index contributed by atoms with van der Waals surface area (Å²) < 4.78 is 5.72. The van der Waals surface area contributed by atoms with Gasteiger partial charge in [0.1, 0.15) is 12.4 Å². The summed E-state index contributed by atoms with van der Waals surface area (Å²) in [6.07, 6.45) is 6.12. The van der Waals surface area contributed by atoms with Crippen molar-refractivity contribution in [1.82, 2.24) is 5.32 Å². The standard InChI is InChI=1S/C17H27NO2/c1-15-6-5-7-16(12-15)20-11-10-18-13-17(14-19)8-3-2-4-9-17/h5-7,12,18-19H,2-4,8-11,13-14H2,1H3. The topological polar surface area (TPSA) is 41.5 Å². The first-order valence-electron chi connectivity index (χ1n) is 7.75. The van der Waals surface area contributed by atoms with Gasteiger partial charge in [-0.2, -0.15) is 0 Å². The molecule has 0 atom stereocenters. The number of aliphatic hydroxyl groups excluding tert-OH is 1. The number of ether oxygens (including phenoxy) is 1. The number of hydrogen-bond donors (Lipinski definition) is 2. The molecule has 0 saturated heterocycles. The van der Waals surface area contributed by atoms with Crippen molar-refractivity contribution < 1.29 is 9.84 Å². The molecule has 3 heteroatoms. The summed E-state index contributed by atoms with van der Waals surface area (Å²) in [7, 11) is 0. The number of aryl methyl sites for hydroxylation is 1. The molecule has 3 nitrogen and oxygen atoms in total. The molecule has 112 valence electrons. The van der Waals surface area contributed by atoms with E-state index in [1.54, 1.807) is 0 Å². The van der Waals surface area contributed by atoms with E-state index in [2.05, 4.69) is 24.4 Å². The third-order valence-corrected chi connectivity index (χ3v) is 4.29. The monoisotopic (exact) mass is 277 g/mol. The minimum atomic E-state index is 0.113. The quantitative estimate of drug-likeness (QED) is 0.753. The summed E-state index contributed by atoms with van der Waals surface area (Å²) in [5.74, 6) is 0.932. The molecule has 0 spiro atoms. The van der Waals surface area contributed by atoms with Gasteiger partial charge >= 0.3 is 0 Å². The highest BCUT2D eigenvalue weighted by Crippen LogP contribution is 2.35. The van der Waals surface area contributed by atoms with Crippen LogP contribution in [0, 0.1) is 12.3 Å². The minimum Gasteiger partial charge on any atom is -0.492 e. The van der Waals surface area contributed by atoms with Crippen LogP contribution < -0.4 is 10.1 Å². The summed E-state index contributed by atoms with van der Waals surface area (Å²) in [6.45, 7) is 4.78. The lowest BCUT2D eigenvalue weighted by molar-refractivity contribution is 0.0804. The van der Waals surface area contributed by atoms with Gasteiger partial charge in [-0.05, 0) is 37.5 Å². The third-order valence-electron chi connectivity index (χ3n) is 4.29. The van der Waals surface area contributed by atoms with Crippen molar-refractivity contribution in [3.8, 4) is 5.75 Å². The largest absolute Gasteiger partial charge is 0.492 e. The Balaban J connectivity index is 1.66. The molecule has 1 aromatic rings.